The molecule has 2 aromatic carbocycles. The van der Waals surface area contributed by atoms with E-state index in [0.29, 0.717) is 5.75 Å². The summed E-state index contributed by atoms with van der Waals surface area (Å²) in [5.41, 5.74) is 0.327. The molecule has 0 spiro atoms. The van der Waals surface area contributed by atoms with E-state index in [2.05, 4.69) is 34.6 Å². The minimum Gasteiger partial charge on any atom is -0.489 e. The standard InChI is InChI=1S/C24H27Cl2F3O2/c1-22(2,3)15-23(4,5)16-6-8-17(9-7-16)31-18-10-11-20(30-13-12-21(25)26)19(14-18)24(27,28)29/h6-12,14H,13,15H2,1-5H3. The van der Waals surface area contributed by atoms with Crippen molar-refractivity contribution < 1.29 is 22.6 Å². The Kier molecular flexibility index (Phi) is 7.99. The van der Waals surface area contributed by atoms with Crippen molar-refractivity contribution in [2.24, 2.45) is 5.41 Å². The van der Waals surface area contributed by atoms with Crippen molar-refractivity contribution >= 4 is 23.2 Å². The second kappa shape index (κ2) is 9.74. The Morgan fingerprint density at radius 3 is 2.00 bits per heavy atom. The van der Waals surface area contributed by atoms with Gasteiger partial charge >= 0.3 is 6.18 Å². The lowest BCUT2D eigenvalue weighted by Gasteiger charge is -2.33. The molecule has 2 nitrogen and oxygen atoms in total. The summed E-state index contributed by atoms with van der Waals surface area (Å²) >= 11 is 10.9. The number of hydrogen-bond acceptors (Lipinski definition) is 2. The SMILES string of the molecule is CC(C)(C)CC(C)(C)c1ccc(Oc2ccc(OCC=C(Cl)Cl)c(C(F)(F)F)c2)cc1. The molecule has 0 aliphatic rings. The summed E-state index contributed by atoms with van der Waals surface area (Å²) in [6.07, 6.45) is -2.36. The van der Waals surface area contributed by atoms with Crippen molar-refractivity contribution in [3.05, 3.63) is 64.2 Å². The first-order valence-electron chi connectivity index (χ1n) is 9.81. The summed E-state index contributed by atoms with van der Waals surface area (Å²) in [6.45, 7) is 10.7. The monoisotopic (exact) mass is 474 g/mol. The Morgan fingerprint density at radius 1 is 0.903 bits per heavy atom. The largest absolute Gasteiger partial charge is 0.489 e. The van der Waals surface area contributed by atoms with E-state index in [1.54, 1.807) is 12.1 Å². The number of benzene rings is 2. The van der Waals surface area contributed by atoms with Gasteiger partial charge in [-0.25, -0.2) is 0 Å². The number of alkyl halides is 3. The van der Waals surface area contributed by atoms with Crippen molar-refractivity contribution in [3.63, 3.8) is 0 Å². The van der Waals surface area contributed by atoms with Crippen LogP contribution in [0.2, 0.25) is 0 Å². The number of halogens is 5. The molecule has 0 bridgehead atoms. The summed E-state index contributed by atoms with van der Waals surface area (Å²) in [5.74, 6) is 0.186. The van der Waals surface area contributed by atoms with Crippen LogP contribution >= 0.6 is 23.2 Å². The molecule has 170 valence electrons. The van der Waals surface area contributed by atoms with Crippen LogP contribution in [-0.2, 0) is 11.6 Å². The molecule has 0 saturated heterocycles. The van der Waals surface area contributed by atoms with Crippen LogP contribution in [0.5, 0.6) is 17.2 Å². The maximum Gasteiger partial charge on any atom is 0.420 e. The van der Waals surface area contributed by atoms with Crippen LogP contribution in [0.25, 0.3) is 0 Å². The van der Waals surface area contributed by atoms with Gasteiger partial charge in [0.25, 0.3) is 0 Å². The lowest BCUT2D eigenvalue weighted by Crippen LogP contribution is -2.24. The highest BCUT2D eigenvalue weighted by Gasteiger charge is 2.35. The Morgan fingerprint density at radius 2 is 1.48 bits per heavy atom. The van der Waals surface area contributed by atoms with E-state index in [-0.39, 0.29) is 33.4 Å². The zero-order chi connectivity index (χ0) is 23.4. The average molecular weight is 475 g/mol. The lowest BCUT2D eigenvalue weighted by molar-refractivity contribution is -0.139. The molecule has 0 atom stereocenters. The van der Waals surface area contributed by atoms with Crippen molar-refractivity contribution in [3.8, 4) is 17.2 Å². The zero-order valence-corrected chi connectivity index (χ0v) is 19.8. The van der Waals surface area contributed by atoms with E-state index in [4.69, 9.17) is 32.7 Å². The molecule has 0 N–H and O–H groups in total. The van der Waals surface area contributed by atoms with Crippen LogP contribution in [0.15, 0.2) is 53.0 Å². The fraction of sp³-hybridized carbons (Fsp3) is 0.417. The fourth-order valence-electron chi connectivity index (χ4n) is 3.65. The Labute approximate surface area is 192 Å². The van der Waals surface area contributed by atoms with Gasteiger partial charge < -0.3 is 9.47 Å². The van der Waals surface area contributed by atoms with Crippen LogP contribution in [0.4, 0.5) is 13.2 Å². The summed E-state index contributed by atoms with van der Waals surface area (Å²) in [6, 6.07) is 11.0. The van der Waals surface area contributed by atoms with Gasteiger partial charge in [-0.3, -0.25) is 0 Å². The van der Waals surface area contributed by atoms with Gasteiger partial charge in [0.05, 0.1) is 0 Å². The van der Waals surface area contributed by atoms with Gasteiger partial charge in [0.15, 0.2) is 0 Å². The summed E-state index contributed by atoms with van der Waals surface area (Å²) < 4.78 is 51.1. The molecule has 0 fully saturated rings. The topological polar surface area (TPSA) is 18.5 Å². The highest BCUT2D eigenvalue weighted by molar-refractivity contribution is 6.55. The van der Waals surface area contributed by atoms with Crippen LogP contribution in [0.1, 0.15) is 52.2 Å². The highest BCUT2D eigenvalue weighted by atomic mass is 35.5. The molecule has 0 saturated carbocycles. The first-order valence-corrected chi connectivity index (χ1v) is 10.6. The van der Waals surface area contributed by atoms with E-state index >= 15 is 0 Å². The molecule has 0 radical (unpaired) electrons. The third-order valence-electron chi connectivity index (χ3n) is 4.58. The van der Waals surface area contributed by atoms with Gasteiger partial charge in [0.2, 0.25) is 0 Å². The quantitative estimate of drug-likeness (QED) is 0.398. The molecule has 0 heterocycles. The molecule has 0 amide bonds. The minimum atomic E-state index is -4.61. The first kappa shape index (κ1) is 25.4. The molecule has 0 aliphatic heterocycles. The second-order valence-electron chi connectivity index (χ2n) is 9.21. The Balaban J connectivity index is 2.21. The third kappa shape index (κ3) is 7.97. The minimum absolute atomic E-state index is 0.0421. The molecular formula is C24H27Cl2F3O2. The van der Waals surface area contributed by atoms with Gasteiger partial charge in [0, 0.05) is 0 Å². The van der Waals surface area contributed by atoms with Gasteiger partial charge in [-0.15, -0.1) is 0 Å². The van der Waals surface area contributed by atoms with Crippen LogP contribution in [-0.4, -0.2) is 6.61 Å². The fourth-order valence-corrected chi connectivity index (χ4v) is 3.78. The normalized spacial score (nSPS) is 12.5. The molecule has 7 heteroatoms. The van der Waals surface area contributed by atoms with E-state index in [1.165, 1.54) is 18.2 Å². The van der Waals surface area contributed by atoms with Crippen molar-refractivity contribution in [1.82, 2.24) is 0 Å². The summed E-state index contributed by atoms with van der Waals surface area (Å²) in [5, 5.41) is 0. The smallest absolute Gasteiger partial charge is 0.420 e. The zero-order valence-electron chi connectivity index (χ0n) is 18.2. The van der Waals surface area contributed by atoms with Crippen LogP contribution in [0, 0.1) is 5.41 Å². The van der Waals surface area contributed by atoms with Crippen molar-refractivity contribution in [2.45, 2.75) is 52.6 Å². The molecule has 0 aliphatic carbocycles. The number of rotatable bonds is 7. The van der Waals surface area contributed by atoms with E-state index < -0.39 is 11.7 Å². The van der Waals surface area contributed by atoms with Gasteiger partial charge in [-0.2, -0.15) is 13.2 Å². The van der Waals surface area contributed by atoms with Crippen molar-refractivity contribution in [1.29, 1.82) is 0 Å². The van der Waals surface area contributed by atoms with E-state index in [1.807, 2.05) is 12.1 Å². The molecule has 0 unspecified atom stereocenters. The molecule has 2 aromatic rings. The maximum atomic E-state index is 13.5. The van der Waals surface area contributed by atoms with E-state index in [9.17, 15) is 13.2 Å². The second-order valence-corrected chi connectivity index (χ2v) is 10.2. The van der Waals surface area contributed by atoms with Crippen LogP contribution < -0.4 is 9.47 Å². The van der Waals surface area contributed by atoms with Crippen molar-refractivity contribution in [2.75, 3.05) is 6.61 Å². The Bertz CT molecular complexity index is 908. The van der Waals surface area contributed by atoms with E-state index in [0.717, 1.165) is 18.1 Å². The van der Waals surface area contributed by atoms with Gasteiger partial charge in [-0.1, -0.05) is 70.0 Å². The third-order valence-corrected chi connectivity index (χ3v) is 4.89. The Hall–Kier alpha value is -1.85. The highest BCUT2D eigenvalue weighted by Crippen LogP contribution is 2.40. The summed E-state index contributed by atoms with van der Waals surface area (Å²) in [4.78, 5) is 0. The molecule has 2 rings (SSSR count). The number of hydrogen-bond donors (Lipinski definition) is 0. The molecule has 0 aromatic heterocycles. The maximum absolute atomic E-state index is 13.5. The summed E-state index contributed by atoms with van der Waals surface area (Å²) in [7, 11) is 0. The predicted octanol–water partition coefficient (Wildman–Crippen LogP) is 8.91. The molecular weight excluding hydrogens is 448 g/mol. The van der Waals surface area contributed by atoms with Gasteiger partial charge in [0.1, 0.15) is 33.9 Å². The van der Waals surface area contributed by atoms with Crippen LogP contribution in [0.3, 0.4) is 0 Å². The predicted molar refractivity (Wildman–Crippen MR) is 120 cm³/mol. The average Bonchev–Trinajstić information content (AvgIpc) is 2.60. The first-order chi connectivity index (χ1) is 14.2. The van der Waals surface area contributed by atoms with Gasteiger partial charge in [-0.05, 0) is 59.2 Å². The number of ether oxygens (including phenoxy) is 2. The lowest BCUT2D eigenvalue weighted by atomic mass is 9.72. The molecule has 31 heavy (non-hydrogen) atoms.